The predicted molar refractivity (Wildman–Crippen MR) is 42.1 cm³/mol. The van der Waals surface area contributed by atoms with Crippen molar-refractivity contribution >= 4 is 6.21 Å². The van der Waals surface area contributed by atoms with Crippen molar-refractivity contribution in [3.05, 3.63) is 0 Å². The van der Waals surface area contributed by atoms with E-state index in [1.165, 1.54) is 25.7 Å². The normalized spacial score (nSPS) is 20.5. The number of nitrogens with zero attached hydrogens (tertiary/aromatic N) is 1. The third-order valence-electron chi connectivity index (χ3n) is 1.77. The van der Waals surface area contributed by atoms with Crippen LogP contribution >= 0.6 is 0 Å². The molecule has 1 saturated carbocycles. The van der Waals surface area contributed by atoms with E-state index in [1.54, 1.807) is 0 Å². The first kappa shape index (κ1) is 7.58. The lowest BCUT2D eigenvalue weighted by Gasteiger charge is -2.04. The van der Waals surface area contributed by atoms with Crippen LogP contribution in [0.1, 0.15) is 39.0 Å². The fourth-order valence-electron chi connectivity index (χ4n) is 1.20. The standard InChI is InChI=1S/C8H15NO/c1-2-7-9-10-8-5-3-4-6-8/h7-8H,2-6H2,1H3. The summed E-state index contributed by atoms with van der Waals surface area (Å²) >= 11 is 0. The van der Waals surface area contributed by atoms with Crippen LogP contribution in [0.2, 0.25) is 0 Å². The molecule has 1 aliphatic carbocycles. The first-order chi connectivity index (χ1) is 4.93. The number of oxime groups is 1. The summed E-state index contributed by atoms with van der Waals surface area (Å²) in [7, 11) is 0. The molecule has 0 bridgehead atoms. The molecule has 0 aromatic heterocycles. The molecule has 0 amide bonds. The zero-order valence-corrected chi connectivity index (χ0v) is 6.55. The van der Waals surface area contributed by atoms with Gasteiger partial charge in [-0.1, -0.05) is 12.1 Å². The molecular formula is C8H15NO. The number of hydrogen-bond acceptors (Lipinski definition) is 2. The second kappa shape index (κ2) is 4.31. The Kier molecular flexibility index (Phi) is 3.27. The molecule has 0 aliphatic heterocycles. The molecule has 0 atom stereocenters. The first-order valence-corrected chi connectivity index (χ1v) is 4.11. The van der Waals surface area contributed by atoms with Gasteiger partial charge in [-0.25, -0.2) is 0 Å². The molecule has 0 N–H and O–H groups in total. The zero-order chi connectivity index (χ0) is 7.23. The molecule has 0 saturated heterocycles. The Balaban J connectivity index is 2.06. The van der Waals surface area contributed by atoms with Crippen molar-refractivity contribution in [2.75, 3.05) is 0 Å². The summed E-state index contributed by atoms with van der Waals surface area (Å²) in [6, 6.07) is 0. The minimum atomic E-state index is 0.419. The van der Waals surface area contributed by atoms with Crippen molar-refractivity contribution in [3.8, 4) is 0 Å². The highest BCUT2D eigenvalue weighted by atomic mass is 16.6. The third kappa shape index (κ3) is 2.38. The van der Waals surface area contributed by atoms with Gasteiger partial charge in [0, 0.05) is 6.21 Å². The third-order valence-corrected chi connectivity index (χ3v) is 1.77. The van der Waals surface area contributed by atoms with E-state index >= 15 is 0 Å². The topological polar surface area (TPSA) is 21.6 Å². The highest BCUT2D eigenvalue weighted by Crippen LogP contribution is 2.20. The molecule has 2 nitrogen and oxygen atoms in total. The van der Waals surface area contributed by atoms with Crippen molar-refractivity contribution < 1.29 is 4.84 Å². The van der Waals surface area contributed by atoms with Crippen LogP contribution in [0.25, 0.3) is 0 Å². The maximum atomic E-state index is 5.21. The average molecular weight is 141 g/mol. The summed E-state index contributed by atoms with van der Waals surface area (Å²) in [6.07, 6.45) is 8.22. The maximum Gasteiger partial charge on any atom is 0.127 e. The first-order valence-electron chi connectivity index (χ1n) is 4.11. The smallest absolute Gasteiger partial charge is 0.127 e. The molecule has 0 spiro atoms. The summed E-state index contributed by atoms with van der Waals surface area (Å²) < 4.78 is 0. The fourth-order valence-corrected chi connectivity index (χ4v) is 1.20. The lowest BCUT2D eigenvalue weighted by atomic mass is 10.3. The molecule has 0 unspecified atom stereocenters. The van der Waals surface area contributed by atoms with Crippen LogP contribution in [0.5, 0.6) is 0 Å². The Bertz CT molecular complexity index is 106. The molecular weight excluding hydrogens is 126 g/mol. The second-order valence-corrected chi connectivity index (χ2v) is 2.71. The van der Waals surface area contributed by atoms with Gasteiger partial charge in [-0.15, -0.1) is 0 Å². The Morgan fingerprint density at radius 1 is 1.50 bits per heavy atom. The zero-order valence-electron chi connectivity index (χ0n) is 6.55. The van der Waals surface area contributed by atoms with Gasteiger partial charge in [-0.05, 0) is 32.1 Å². The minimum absolute atomic E-state index is 0.419. The van der Waals surface area contributed by atoms with Gasteiger partial charge in [0.15, 0.2) is 0 Å². The van der Waals surface area contributed by atoms with Crippen LogP contribution in [0, 0.1) is 0 Å². The van der Waals surface area contributed by atoms with E-state index in [9.17, 15) is 0 Å². The van der Waals surface area contributed by atoms with Crippen LogP contribution in [0.3, 0.4) is 0 Å². The van der Waals surface area contributed by atoms with Crippen molar-refractivity contribution in [2.45, 2.75) is 45.1 Å². The van der Waals surface area contributed by atoms with Crippen molar-refractivity contribution in [1.29, 1.82) is 0 Å². The maximum absolute atomic E-state index is 5.21. The van der Waals surface area contributed by atoms with Crippen LogP contribution in [0.4, 0.5) is 0 Å². The van der Waals surface area contributed by atoms with E-state index in [-0.39, 0.29) is 0 Å². The van der Waals surface area contributed by atoms with Crippen molar-refractivity contribution in [2.24, 2.45) is 5.16 Å². The van der Waals surface area contributed by atoms with Gasteiger partial charge in [0.05, 0.1) is 0 Å². The summed E-state index contributed by atoms with van der Waals surface area (Å²) in [4.78, 5) is 5.21. The Morgan fingerprint density at radius 2 is 2.20 bits per heavy atom. The highest BCUT2D eigenvalue weighted by Gasteiger charge is 2.15. The monoisotopic (exact) mass is 141 g/mol. The van der Waals surface area contributed by atoms with Gasteiger partial charge in [-0.3, -0.25) is 0 Å². The summed E-state index contributed by atoms with van der Waals surface area (Å²) in [5, 5.41) is 3.85. The molecule has 1 aliphatic rings. The van der Waals surface area contributed by atoms with Gasteiger partial charge in [-0.2, -0.15) is 0 Å². The summed E-state index contributed by atoms with van der Waals surface area (Å²) in [5.41, 5.74) is 0. The minimum Gasteiger partial charge on any atom is -0.393 e. The molecule has 0 heterocycles. The fraction of sp³-hybridized carbons (Fsp3) is 0.875. The summed E-state index contributed by atoms with van der Waals surface area (Å²) in [6.45, 7) is 2.06. The highest BCUT2D eigenvalue weighted by molar-refractivity contribution is 5.55. The molecule has 10 heavy (non-hydrogen) atoms. The SMILES string of the molecule is CCC=NOC1CCCC1. The number of hydrogen-bond donors (Lipinski definition) is 0. The van der Waals surface area contributed by atoms with Gasteiger partial charge in [0.25, 0.3) is 0 Å². The van der Waals surface area contributed by atoms with E-state index in [0.717, 1.165) is 6.42 Å². The second-order valence-electron chi connectivity index (χ2n) is 2.71. The number of rotatable bonds is 3. The van der Waals surface area contributed by atoms with Gasteiger partial charge >= 0.3 is 0 Å². The van der Waals surface area contributed by atoms with E-state index in [1.807, 2.05) is 6.21 Å². The van der Waals surface area contributed by atoms with Crippen LogP contribution < -0.4 is 0 Å². The molecule has 58 valence electrons. The molecule has 0 aromatic carbocycles. The Hall–Kier alpha value is -0.530. The average Bonchev–Trinajstić information content (AvgIpc) is 2.41. The van der Waals surface area contributed by atoms with E-state index in [2.05, 4.69) is 12.1 Å². The van der Waals surface area contributed by atoms with Crippen LogP contribution in [0.15, 0.2) is 5.16 Å². The van der Waals surface area contributed by atoms with E-state index < -0.39 is 0 Å². The lowest BCUT2D eigenvalue weighted by Crippen LogP contribution is -2.01. The Morgan fingerprint density at radius 3 is 2.80 bits per heavy atom. The van der Waals surface area contributed by atoms with Crippen molar-refractivity contribution in [1.82, 2.24) is 0 Å². The van der Waals surface area contributed by atoms with Gasteiger partial charge in [0.2, 0.25) is 0 Å². The van der Waals surface area contributed by atoms with Crippen LogP contribution in [-0.2, 0) is 4.84 Å². The van der Waals surface area contributed by atoms with Crippen LogP contribution in [-0.4, -0.2) is 12.3 Å². The van der Waals surface area contributed by atoms with Gasteiger partial charge < -0.3 is 4.84 Å². The molecule has 0 aromatic rings. The van der Waals surface area contributed by atoms with E-state index in [0.29, 0.717) is 6.10 Å². The largest absolute Gasteiger partial charge is 0.393 e. The summed E-state index contributed by atoms with van der Waals surface area (Å²) in [5.74, 6) is 0. The predicted octanol–water partition coefficient (Wildman–Crippen LogP) is 2.34. The molecule has 1 rings (SSSR count). The molecule has 2 heteroatoms. The molecule has 1 fully saturated rings. The lowest BCUT2D eigenvalue weighted by molar-refractivity contribution is 0.0653. The van der Waals surface area contributed by atoms with Gasteiger partial charge in [0.1, 0.15) is 6.10 Å². The Labute approximate surface area is 62.3 Å². The van der Waals surface area contributed by atoms with E-state index in [4.69, 9.17) is 4.84 Å². The quantitative estimate of drug-likeness (QED) is 0.436. The molecule has 0 radical (unpaired) electrons. The van der Waals surface area contributed by atoms with Crippen molar-refractivity contribution in [3.63, 3.8) is 0 Å².